The number of phenols is 1. The van der Waals surface area contributed by atoms with Gasteiger partial charge in [0.05, 0.1) is 13.2 Å². The Labute approximate surface area is 174 Å². The molecule has 3 rings (SSSR count). The molecule has 2 heterocycles. The van der Waals surface area contributed by atoms with Crippen molar-refractivity contribution in [2.45, 2.75) is 19.9 Å². The van der Waals surface area contributed by atoms with E-state index < -0.39 is 23.8 Å². The van der Waals surface area contributed by atoms with Gasteiger partial charge >= 0.3 is 5.97 Å². The van der Waals surface area contributed by atoms with Gasteiger partial charge in [-0.15, -0.1) is 0 Å². The summed E-state index contributed by atoms with van der Waals surface area (Å²) in [6.45, 7) is 5.98. The predicted octanol–water partition coefficient (Wildman–Crippen LogP) is 0.271. The number of guanidine groups is 1. The maximum atomic E-state index is 12.9. The first-order chi connectivity index (χ1) is 14.5. The lowest BCUT2D eigenvalue weighted by Gasteiger charge is -2.37. The SMILES string of the molecule is CCOC(=O)[C@H]1C(=O)NC(N2CCN(C=O)CC2)=N[C@H]1c1ccc(O)c(OCC)c1. The molecule has 0 saturated carbocycles. The van der Waals surface area contributed by atoms with E-state index in [4.69, 9.17) is 9.47 Å². The fraction of sp³-hybridized carbons (Fsp3) is 0.500. The smallest absolute Gasteiger partial charge is 0.321 e. The third-order valence-corrected chi connectivity index (χ3v) is 5.02. The van der Waals surface area contributed by atoms with Crippen LogP contribution < -0.4 is 10.1 Å². The van der Waals surface area contributed by atoms with Crippen molar-refractivity contribution < 1.29 is 29.0 Å². The van der Waals surface area contributed by atoms with Crippen LogP contribution in [0.15, 0.2) is 23.2 Å². The van der Waals surface area contributed by atoms with Crippen LogP contribution in [0.2, 0.25) is 0 Å². The average Bonchev–Trinajstić information content (AvgIpc) is 2.75. The zero-order chi connectivity index (χ0) is 21.7. The van der Waals surface area contributed by atoms with Crippen molar-refractivity contribution in [3.8, 4) is 11.5 Å². The van der Waals surface area contributed by atoms with Crippen molar-refractivity contribution >= 4 is 24.2 Å². The first-order valence-corrected chi connectivity index (χ1v) is 9.93. The average molecular weight is 418 g/mol. The first kappa shape index (κ1) is 21.4. The van der Waals surface area contributed by atoms with Gasteiger partial charge in [-0.05, 0) is 31.5 Å². The molecule has 1 aromatic carbocycles. The van der Waals surface area contributed by atoms with Gasteiger partial charge in [0.15, 0.2) is 17.4 Å². The lowest BCUT2D eigenvalue weighted by atomic mass is 9.91. The van der Waals surface area contributed by atoms with Gasteiger partial charge in [0, 0.05) is 26.2 Å². The highest BCUT2D eigenvalue weighted by Gasteiger charge is 2.42. The van der Waals surface area contributed by atoms with E-state index in [0.717, 1.165) is 6.41 Å². The maximum absolute atomic E-state index is 12.9. The molecule has 0 bridgehead atoms. The van der Waals surface area contributed by atoms with Gasteiger partial charge in [0.25, 0.3) is 0 Å². The predicted molar refractivity (Wildman–Crippen MR) is 107 cm³/mol. The molecule has 1 fully saturated rings. The Hall–Kier alpha value is -3.30. The van der Waals surface area contributed by atoms with Crippen molar-refractivity contribution in [2.24, 2.45) is 10.9 Å². The number of esters is 1. The maximum Gasteiger partial charge on any atom is 0.321 e. The number of nitrogens with zero attached hydrogens (tertiary/aromatic N) is 3. The summed E-state index contributed by atoms with van der Waals surface area (Å²) in [5, 5.41) is 12.7. The van der Waals surface area contributed by atoms with E-state index in [2.05, 4.69) is 10.3 Å². The van der Waals surface area contributed by atoms with Gasteiger partial charge in [-0.3, -0.25) is 19.7 Å². The molecular weight excluding hydrogens is 392 g/mol. The van der Waals surface area contributed by atoms with Gasteiger partial charge in [0.1, 0.15) is 6.04 Å². The standard InChI is InChI=1S/C20H26N4O6/c1-3-29-15-11-13(5-6-14(15)26)17-16(19(28)30-4-2)18(27)22-20(21-17)24-9-7-23(12-25)8-10-24/h5-6,11-12,16-17,26H,3-4,7-10H2,1-2H3,(H,21,22,27)/t16-,17+/m1/s1. The molecule has 162 valence electrons. The quantitative estimate of drug-likeness (QED) is 0.386. The number of hydrogen-bond acceptors (Lipinski definition) is 8. The van der Waals surface area contributed by atoms with Crippen LogP contribution in [0.3, 0.4) is 0 Å². The second-order valence-electron chi connectivity index (χ2n) is 6.91. The summed E-state index contributed by atoms with van der Waals surface area (Å²) in [5.74, 6) is -1.78. The fourth-order valence-electron chi connectivity index (χ4n) is 3.49. The summed E-state index contributed by atoms with van der Waals surface area (Å²) in [6.07, 6.45) is 0.796. The fourth-order valence-corrected chi connectivity index (χ4v) is 3.49. The number of aromatic hydroxyl groups is 1. The molecular formula is C20H26N4O6. The number of aliphatic imine (C=N–C) groups is 1. The highest BCUT2D eigenvalue weighted by molar-refractivity contribution is 6.08. The van der Waals surface area contributed by atoms with Gasteiger partial charge in [0.2, 0.25) is 18.3 Å². The van der Waals surface area contributed by atoms with Crippen LogP contribution in [0.1, 0.15) is 25.5 Å². The Bertz CT molecular complexity index is 835. The third kappa shape index (κ3) is 4.47. The minimum Gasteiger partial charge on any atom is -0.504 e. The molecule has 2 aliphatic heterocycles. The van der Waals surface area contributed by atoms with Crippen molar-refractivity contribution in [2.75, 3.05) is 39.4 Å². The molecule has 2 atom stereocenters. The summed E-state index contributed by atoms with van der Waals surface area (Å²) < 4.78 is 10.5. The second kappa shape index (κ2) is 9.47. The third-order valence-electron chi connectivity index (χ3n) is 5.02. The Morgan fingerprint density at radius 1 is 1.27 bits per heavy atom. The number of carbonyl (C=O) groups is 3. The van der Waals surface area contributed by atoms with Crippen LogP contribution >= 0.6 is 0 Å². The summed E-state index contributed by atoms with van der Waals surface area (Å²) in [6, 6.07) is 3.81. The van der Waals surface area contributed by atoms with E-state index in [-0.39, 0.29) is 18.1 Å². The van der Waals surface area contributed by atoms with Crippen molar-refractivity contribution in [1.82, 2.24) is 15.1 Å². The number of ether oxygens (including phenoxy) is 2. The number of carbonyl (C=O) groups excluding carboxylic acids is 3. The first-order valence-electron chi connectivity index (χ1n) is 9.93. The summed E-state index contributed by atoms with van der Waals surface area (Å²) >= 11 is 0. The summed E-state index contributed by atoms with van der Waals surface area (Å²) in [4.78, 5) is 44.5. The number of phenolic OH excluding ortho intramolecular Hbond substituents is 1. The highest BCUT2D eigenvalue weighted by Crippen LogP contribution is 2.36. The topological polar surface area (TPSA) is 121 Å². The lowest BCUT2D eigenvalue weighted by Crippen LogP contribution is -2.57. The molecule has 0 aliphatic carbocycles. The van der Waals surface area contributed by atoms with Gasteiger partial charge in [-0.1, -0.05) is 6.07 Å². The zero-order valence-corrected chi connectivity index (χ0v) is 17.0. The lowest BCUT2D eigenvalue weighted by molar-refractivity contribution is -0.153. The van der Waals surface area contributed by atoms with Gasteiger partial charge in [-0.2, -0.15) is 0 Å². The molecule has 2 aliphatic rings. The number of benzene rings is 1. The van der Waals surface area contributed by atoms with Crippen molar-refractivity contribution in [3.63, 3.8) is 0 Å². The Morgan fingerprint density at radius 3 is 2.63 bits per heavy atom. The summed E-state index contributed by atoms with van der Waals surface area (Å²) in [7, 11) is 0. The Kier molecular flexibility index (Phi) is 6.76. The molecule has 2 N–H and O–H groups in total. The molecule has 0 aromatic heterocycles. The molecule has 10 heteroatoms. The molecule has 30 heavy (non-hydrogen) atoms. The van der Waals surface area contributed by atoms with Crippen LogP contribution in [0.4, 0.5) is 0 Å². The molecule has 0 unspecified atom stereocenters. The van der Waals surface area contributed by atoms with Crippen LogP contribution in [0, 0.1) is 5.92 Å². The number of rotatable bonds is 6. The minimum atomic E-state index is -1.16. The van der Waals surface area contributed by atoms with E-state index in [1.807, 2.05) is 4.90 Å². The van der Waals surface area contributed by atoms with Crippen LogP contribution in [-0.2, 0) is 19.1 Å². The van der Waals surface area contributed by atoms with Crippen LogP contribution in [0.5, 0.6) is 11.5 Å². The summed E-state index contributed by atoms with van der Waals surface area (Å²) in [5.41, 5.74) is 0.549. The Balaban J connectivity index is 1.96. The van der Waals surface area contributed by atoms with Crippen molar-refractivity contribution in [3.05, 3.63) is 23.8 Å². The van der Waals surface area contributed by atoms with Crippen molar-refractivity contribution in [1.29, 1.82) is 0 Å². The number of nitrogens with one attached hydrogen (secondary N) is 1. The minimum absolute atomic E-state index is 0.0391. The molecule has 1 aromatic rings. The van der Waals surface area contributed by atoms with E-state index >= 15 is 0 Å². The molecule has 0 radical (unpaired) electrons. The number of amides is 2. The van der Waals surface area contributed by atoms with Gasteiger partial charge in [-0.25, -0.2) is 4.99 Å². The monoisotopic (exact) mass is 418 g/mol. The highest BCUT2D eigenvalue weighted by atomic mass is 16.5. The molecule has 10 nitrogen and oxygen atoms in total. The van der Waals surface area contributed by atoms with Crippen LogP contribution in [-0.4, -0.2) is 78.5 Å². The van der Waals surface area contributed by atoms with E-state index in [1.54, 1.807) is 30.9 Å². The van der Waals surface area contributed by atoms with E-state index in [1.165, 1.54) is 6.07 Å². The molecule has 2 amide bonds. The number of piperazine rings is 1. The zero-order valence-electron chi connectivity index (χ0n) is 17.0. The second-order valence-corrected chi connectivity index (χ2v) is 6.91. The van der Waals surface area contributed by atoms with E-state index in [9.17, 15) is 19.5 Å². The Morgan fingerprint density at radius 2 is 2.00 bits per heavy atom. The number of hydrogen-bond donors (Lipinski definition) is 2. The molecule has 0 spiro atoms. The normalized spacial score (nSPS) is 21.5. The largest absolute Gasteiger partial charge is 0.504 e. The van der Waals surface area contributed by atoms with E-state index in [0.29, 0.717) is 44.3 Å². The van der Waals surface area contributed by atoms with Gasteiger partial charge < -0.3 is 24.4 Å². The molecule has 1 saturated heterocycles. The van der Waals surface area contributed by atoms with Crippen LogP contribution in [0.25, 0.3) is 0 Å².